The maximum Gasteiger partial charge on any atom is 0.161 e. The molecule has 2 aromatic carbocycles. The van der Waals surface area contributed by atoms with Crippen LogP contribution in [0, 0.1) is 6.92 Å². The molecule has 0 unspecified atom stereocenters. The van der Waals surface area contributed by atoms with Gasteiger partial charge in [-0.2, -0.15) is 0 Å². The molecule has 0 bridgehead atoms. The maximum atomic E-state index is 9.95. The number of aromatic nitrogens is 2. The molecule has 0 aliphatic carbocycles. The molecule has 6 heteroatoms. The van der Waals surface area contributed by atoms with Crippen LogP contribution in [0.5, 0.6) is 17.2 Å². The van der Waals surface area contributed by atoms with Gasteiger partial charge in [-0.15, -0.1) is 0 Å². The van der Waals surface area contributed by atoms with E-state index in [4.69, 9.17) is 14.5 Å². The van der Waals surface area contributed by atoms with Gasteiger partial charge in [0.2, 0.25) is 0 Å². The van der Waals surface area contributed by atoms with Gasteiger partial charge in [0.05, 0.1) is 13.7 Å². The summed E-state index contributed by atoms with van der Waals surface area (Å²) in [5.41, 5.74) is 4.48. The summed E-state index contributed by atoms with van der Waals surface area (Å²) in [4.78, 5) is 4.81. The normalized spacial score (nSPS) is 10.9. The van der Waals surface area contributed by atoms with Gasteiger partial charge in [0, 0.05) is 17.4 Å². The SMILES string of the molecule is CCOc1ccc(Nc2c(-c3ccc(O)c(OC)c3)nc3ccc(C)cn23)cc1. The van der Waals surface area contributed by atoms with Crippen molar-refractivity contribution in [2.45, 2.75) is 13.8 Å². The first-order valence-electron chi connectivity index (χ1n) is 9.45. The van der Waals surface area contributed by atoms with Gasteiger partial charge in [0.15, 0.2) is 11.5 Å². The highest BCUT2D eigenvalue weighted by Crippen LogP contribution is 2.36. The number of hydrogen-bond acceptors (Lipinski definition) is 5. The Bertz CT molecular complexity index is 1150. The Morgan fingerprint density at radius 1 is 1.07 bits per heavy atom. The molecule has 0 saturated carbocycles. The lowest BCUT2D eigenvalue weighted by Gasteiger charge is -2.11. The van der Waals surface area contributed by atoms with E-state index in [-0.39, 0.29) is 5.75 Å². The van der Waals surface area contributed by atoms with Gasteiger partial charge in [-0.25, -0.2) is 4.98 Å². The summed E-state index contributed by atoms with van der Waals surface area (Å²) in [5.74, 6) is 2.16. The minimum atomic E-state index is 0.0943. The minimum absolute atomic E-state index is 0.0943. The minimum Gasteiger partial charge on any atom is -0.504 e. The third-order valence-corrected chi connectivity index (χ3v) is 4.65. The molecule has 0 fully saturated rings. The highest BCUT2D eigenvalue weighted by Gasteiger charge is 2.16. The van der Waals surface area contributed by atoms with E-state index in [2.05, 4.69) is 5.32 Å². The Kier molecular flexibility index (Phi) is 4.99. The average Bonchev–Trinajstić information content (AvgIpc) is 3.07. The quantitative estimate of drug-likeness (QED) is 0.476. The number of aromatic hydroxyl groups is 1. The summed E-state index contributed by atoms with van der Waals surface area (Å²) in [5, 5.41) is 13.4. The summed E-state index contributed by atoms with van der Waals surface area (Å²) < 4.78 is 12.8. The van der Waals surface area contributed by atoms with E-state index in [1.54, 1.807) is 12.1 Å². The van der Waals surface area contributed by atoms with E-state index < -0.39 is 0 Å². The fourth-order valence-corrected chi connectivity index (χ4v) is 3.23. The molecule has 4 aromatic rings. The number of anilines is 2. The second-order valence-corrected chi connectivity index (χ2v) is 6.71. The molecule has 0 amide bonds. The molecule has 0 atom stereocenters. The van der Waals surface area contributed by atoms with E-state index in [0.29, 0.717) is 12.4 Å². The number of nitrogens with one attached hydrogen (secondary N) is 1. The van der Waals surface area contributed by atoms with Crippen molar-refractivity contribution in [1.29, 1.82) is 0 Å². The predicted octanol–water partition coefficient (Wildman–Crippen LogP) is 5.17. The summed E-state index contributed by atoms with van der Waals surface area (Å²) in [6.07, 6.45) is 2.04. The molecular weight excluding hydrogens is 366 g/mol. The van der Waals surface area contributed by atoms with Crippen LogP contribution in [-0.2, 0) is 0 Å². The lowest BCUT2D eigenvalue weighted by atomic mass is 10.1. The number of ether oxygens (including phenoxy) is 2. The van der Waals surface area contributed by atoms with Crippen molar-refractivity contribution in [3.63, 3.8) is 0 Å². The van der Waals surface area contributed by atoms with E-state index in [0.717, 1.165) is 39.7 Å². The largest absolute Gasteiger partial charge is 0.504 e. The molecule has 0 aliphatic heterocycles. The molecular formula is C23H23N3O3. The number of phenols is 1. The van der Waals surface area contributed by atoms with Gasteiger partial charge in [0.25, 0.3) is 0 Å². The smallest absolute Gasteiger partial charge is 0.161 e. The third-order valence-electron chi connectivity index (χ3n) is 4.65. The van der Waals surface area contributed by atoms with Crippen LogP contribution in [0.2, 0.25) is 0 Å². The van der Waals surface area contributed by atoms with Gasteiger partial charge in [-0.1, -0.05) is 6.07 Å². The summed E-state index contributed by atoms with van der Waals surface area (Å²) >= 11 is 0. The van der Waals surface area contributed by atoms with Crippen LogP contribution in [0.25, 0.3) is 16.9 Å². The first-order valence-corrected chi connectivity index (χ1v) is 9.45. The van der Waals surface area contributed by atoms with Crippen molar-refractivity contribution in [3.8, 4) is 28.5 Å². The van der Waals surface area contributed by atoms with Crippen molar-refractivity contribution in [1.82, 2.24) is 9.38 Å². The molecule has 0 aliphatic rings. The van der Waals surface area contributed by atoms with Crippen LogP contribution in [0.15, 0.2) is 60.8 Å². The Balaban J connectivity index is 1.82. The van der Waals surface area contributed by atoms with Gasteiger partial charge in [-0.05, 0) is 67.9 Å². The molecule has 2 heterocycles. The van der Waals surface area contributed by atoms with Crippen molar-refractivity contribution in [2.24, 2.45) is 0 Å². The van der Waals surface area contributed by atoms with Crippen molar-refractivity contribution in [2.75, 3.05) is 19.0 Å². The fourth-order valence-electron chi connectivity index (χ4n) is 3.23. The van der Waals surface area contributed by atoms with E-state index in [9.17, 15) is 5.11 Å². The Hall–Kier alpha value is -3.67. The molecule has 6 nitrogen and oxygen atoms in total. The number of hydrogen-bond donors (Lipinski definition) is 2. The van der Waals surface area contributed by atoms with Crippen LogP contribution in [-0.4, -0.2) is 28.2 Å². The second-order valence-electron chi connectivity index (χ2n) is 6.71. The number of benzene rings is 2. The summed E-state index contributed by atoms with van der Waals surface area (Å²) in [6.45, 7) is 4.64. The standard InChI is InChI=1S/C23H23N3O3/c1-4-29-18-9-7-17(8-10-18)24-23-22(16-6-11-19(27)20(13-16)28-3)25-21-12-5-15(2)14-26(21)23/h5-14,24,27H,4H2,1-3H3. The third kappa shape index (κ3) is 3.69. The molecule has 4 rings (SSSR count). The molecule has 148 valence electrons. The van der Waals surface area contributed by atoms with Crippen molar-refractivity contribution < 1.29 is 14.6 Å². The van der Waals surface area contributed by atoms with Gasteiger partial charge < -0.3 is 19.9 Å². The predicted molar refractivity (Wildman–Crippen MR) is 114 cm³/mol. The number of aryl methyl sites for hydroxylation is 1. The Labute approximate surface area is 169 Å². The zero-order chi connectivity index (χ0) is 20.4. The maximum absolute atomic E-state index is 9.95. The average molecular weight is 389 g/mol. The molecule has 0 radical (unpaired) electrons. The van der Waals surface area contributed by atoms with Gasteiger partial charge >= 0.3 is 0 Å². The highest BCUT2D eigenvalue weighted by molar-refractivity contribution is 5.81. The monoisotopic (exact) mass is 389 g/mol. The molecule has 2 aromatic heterocycles. The van der Waals surface area contributed by atoms with Crippen molar-refractivity contribution >= 4 is 17.2 Å². The zero-order valence-corrected chi connectivity index (χ0v) is 16.6. The highest BCUT2D eigenvalue weighted by atomic mass is 16.5. The number of nitrogens with zero attached hydrogens (tertiary/aromatic N) is 2. The number of imidazole rings is 1. The van der Waals surface area contributed by atoms with Crippen LogP contribution in [0.3, 0.4) is 0 Å². The van der Waals surface area contributed by atoms with Gasteiger partial charge in [0.1, 0.15) is 22.9 Å². The lowest BCUT2D eigenvalue weighted by Crippen LogP contribution is -1.98. The number of fused-ring (bicyclic) bond motifs is 1. The van der Waals surface area contributed by atoms with E-state index in [1.165, 1.54) is 7.11 Å². The van der Waals surface area contributed by atoms with E-state index >= 15 is 0 Å². The summed E-state index contributed by atoms with van der Waals surface area (Å²) in [7, 11) is 1.53. The molecule has 0 saturated heterocycles. The topological polar surface area (TPSA) is 68.0 Å². The first-order chi connectivity index (χ1) is 14.1. The van der Waals surface area contributed by atoms with Crippen LogP contribution in [0.1, 0.15) is 12.5 Å². The van der Waals surface area contributed by atoms with Crippen LogP contribution in [0.4, 0.5) is 11.5 Å². The fraction of sp³-hybridized carbons (Fsp3) is 0.174. The summed E-state index contributed by atoms with van der Waals surface area (Å²) in [6, 6.07) is 17.1. The first kappa shape index (κ1) is 18.7. The van der Waals surface area contributed by atoms with Gasteiger partial charge in [-0.3, -0.25) is 4.40 Å². The Morgan fingerprint density at radius 3 is 2.59 bits per heavy atom. The second kappa shape index (κ2) is 7.75. The Morgan fingerprint density at radius 2 is 1.86 bits per heavy atom. The van der Waals surface area contributed by atoms with Crippen molar-refractivity contribution in [3.05, 3.63) is 66.4 Å². The number of methoxy groups -OCH3 is 1. The zero-order valence-electron chi connectivity index (χ0n) is 16.6. The number of phenolic OH excluding ortho intramolecular Hbond substituents is 1. The van der Waals surface area contributed by atoms with Crippen LogP contribution < -0.4 is 14.8 Å². The van der Waals surface area contributed by atoms with Crippen LogP contribution >= 0.6 is 0 Å². The number of rotatable bonds is 6. The lowest BCUT2D eigenvalue weighted by molar-refractivity contribution is 0.340. The molecule has 0 spiro atoms. The molecule has 2 N–H and O–H groups in total. The molecule has 29 heavy (non-hydrogen) atoms. The number of pyridine rings is 1. The van der Waals surface area contributed by atoms with E-state index in [1.807, 2.05) is 66.9 Å².